The van der Waals surface area contributed by atoms with Crippen molar-refractivity contribution in [2.45, 2.75) is 31.7 Å². The first-order valence-electron chi connectivity index (χ1n) is 6.68. The Balaban J connectivity index is 2.19. The maximum atomic E-state index is 13.4. The predicted molar refractivity (Wildman–Crippen MR) is 77.0 cm³/mol. The number of halogens is 2. The van der Waals surface area contributed by atoms with E-state index in [0.29, 0.717) is 25.8 Å². The lowest BCUT2D eigenvalue weighted by atomic mass is 9.93. The van der Waals surface area contributed by atoms with Crippen LogP contribution in [0.15, 0.2) is 18.2 Å². The molecule has 2 amide bonds. The monoisotopic (exact) mass is 314 g/mol. The normalized spacial score (nSPS) is 21.4. The highest BCUT2D eigenvalue weighted by Gasteiger charge is 2.48. The average molecular weight is 315 g/mol. The van der Waals surface area contributed by atoms with Crippen molar-refractivity contribution >= 4 is 29.3 Å². The third-order valence-corrected chi connectivity index (χ3v) is 4.19. The molecule has 0 bridgehead atoms. The van der Waals surface area contributed by atoms with Crippen LogP contribution in [0.5, 0.6) is 0 Å². The lowest BCUT2D eigenvalue weighted by Gasteiger charge is -2.33. The second kappa shape index (κ2) is 5.89. The molecule has 1 aliphatic heterocycles. The number of urea groups is 1. The number of carboxylic acid groups (broad SMARTS) is 1. The lowest BCUT2D eigenvalue weighted by molar-refractivity contribution is -0.148. The van der Waals surface area contributed by atoms with Crippen LogP contribution in [-0.4, -0.2) is 34.1 Å². The van der Waals surface area contributed by atoms with E-state index in [0.717, 1.165) is 6.07 Å². The Labute approximate surface area is 126 Å². The molecule has 1 fully saturated rings. The van der Waals surface area contributed by atoms with Crippen LogP contribution in [0.3, 0.4) is 0 Å². The van der Waals surface area contributed by atoms with Gasteiger partial charge in [0, 0.05) is 12.2 Å². The van der Waals surface area contributed by atoms with E-state index in [1.807, 2.05) is 0 Å². The van der Waals surface area contributed by atoms with Gasteiger partial charge in [-0.25, -0.2) is 14.0 Å². The van der Waals surface area contributed by atoms with Gasteiger partial charge in [0.2, 0.25) is 0 Å². The molecular formula is C14H16ClFN2O3. The summed E-state index contributed by atoms with van der Waals surface area (Å²) in [7, 11) is 0. The van der Waals surface area contributed by atoms with E-state index in [-0.39, 0.29) is 10.7 Å². The summed E-state index contributed by atoms with van der Waals surface area (Å²) >= 11 is 5.58. The highest BCUT2D eigenvalue weighted by Crippen LogP contribution is 2.33. The van der Waals surface area contributed by atoms with Crippen LogP contribution in [0, 0.1) is 5.82 Å². The van der Waals surface area contributed by atoms with Crippen molar-refractivity contribution in [1.82, 2.24) is 4.90 Å². The first kappa shape index (κ1) is 15.6. The Morgan fingerprint density at radius 3 is 2.81 bits per heavy atom. The minimum atomic E-state index is -1.19. The van der Waals surface area contributed by atoms with Gasteiger partial charge in [-0.3, -0.25) is 0 Å². The molecule has 21 heavy (non-hydrogen) atoms. The number of benzene rings is 1. The second-order valence-corrected chi connectivity index (χ2v) is 5.41. The molecule has 1 atom stereocenters. The van der Waals surface area contributed by atoms with Crippen molar-refractivity contribution in [1.29, 1.82) is 0 Å². The highest BCUT2D eigenvalue weighted by molar-refractivity contribution is 6.30. The zero-order valence-electron chi connectivity index (χ0n) is 11.5. The summed E-state index contributed by atoms with van der Waals surface area (Å²) < 4.78 is 13.4. The number of amides is 2. The third-order valence-electron chi connectivity index (χ3n) is 3.89. The van der Waals surface area contributed by atoms with Crippen molar-refractivity contribution < 1.29 is 19.1 Å². The molecule has 0 aliphatic carbocycles. The predicted octanol–water partition coefficient (Wildman–Crippen LogP) is 3.34. The molecule has 1 unspecified atom stereocenters. The van der Waals surface area contributed by atoms with Crippen LogP contribution < -0.4 is 5.32 Å². The zero-order valence-corrected chi connectivity index (χ0v) is 12.3. The summed E-state index contributed by atoms with van der Waals surface area (Å²) in [5.41, 5.74) is -0.945. The van der Waals surface area contributed by atoms with E-state index in [9.17, 15) is 19.1 Å². The molecule has 0 spiro atoms. The molecule has 114 valence electrons. The fourth-order valence-electron chi connectivity index (χ4n) is 2.68. The number of aliphatic carboxylic acids is 1. The Hall–Kier alpha value is -1.82. The summed E-state index contributed by atoms with van der Waals surface area (Å²) in [5.74, 6) is -1.66. The SMILES string of the molecule is CCC1(C(=O)O)CCCN1C(=O)Nc1ccc(Cl)c(F)c1. The van der Waals surface area contributed by atoms with Crippen molar-refractivity contribution in [3.05, 3.63) is 29.0 Å². The number of carbonyl (C=O) groups excluding carboxylic acids is 1. The van der Waals surface area contributed by atoms with Gasteiger partial charge in [0.25, 0.3) is 0 Å². The van der Waals surface area contributed by atoms with Crippen molar-refractivity contribution in [3.63, 3.8) is 0 Å². The number of rotatable bonds is 3. The minimum Gasteiger partial charge on any atom is -0.479 e. The largest absolute Gasteiger partial charge is 0.479 e. The summed E-state index contributed by atoms with van der Waals surface area (Å²) in [4.78, 5) is 25.1. The number of hydrogen-bond donors (Lipinski definition) is 2. The van der Waals surface area contributed by atoms with E-state index in [4.69, 9.17) is 11.6 Å². The topological polar surface area (TPSA) is 69.6 Å². The Kier molecular flexibility index (Phi) is 4.37. The summed E-state index contributed by atoms with van der Waals surface area (Å²) in [6.45, 7) is 2.10. The van der Waals surface area contributed by atoms with Crippen molar-refractivity contribution in [3.8, 4) is 0 Å². The maximum Gasteiger partial charge on any atom is 0.329 e. The van der Waals surface area contributed by atoms with Crippen LogP contribution >= 0.6 is 11.6 Å². The Morgan fingerprint density at radius 2 is 2.24 bits per heavy atom. The van der Waals surface area contributed by atoms with E-state index < -0.39 is 23.4 Å². The van der Waals surface area contributed by atoms with Gasteiger partial charge in [-0.05, 0) is 37.5 Å². The van der Waals surface area contributed by atoms with E-state index in [1.165, 1.54) is 17.0 Å². The molecule has 0 saturated carbocycles. The van der Waals surface area contributed by atoms with E-state index in [1.54, 1.807) is 6.92 Å². The van der Waals surface area contributed by atoms with E-state index in [2.05, 4.69) is 5.32 Å². The summed E-state index contributed by atoms with van der Waals surface area (Å²) in [6, 6.07) is 3.36. The smallest absolute Gasteiger partial charge is 0.329 e. The highest BCUT2D eigenvalue weighted by atomic mass is 35.5. The van der Waals surface area contributed by atoms with E-state index >= 15 is 0 Å². The molecule has 1 aromatic carbocycles. The Morgan fingerprint density at radius 1 is 1.52 bits per heavy atom. The van der Waals surface area contributed by atoms with Crippen LogP contribution in [0.25, 0.3) is 0 Å². The molecule has 0 radical (unpaired) electrons. The second-order valence-electron chi connectivity index (χ2n) is 5.00. The lowest BCUT2D eigenvalue weighted by Crippen LogP contribution is -2.54. The van der Waals surface area contributed by atoms with Crippen LogP contribution in [0.4, 0.5) is 14.9 Å². The summed E-state index contributed by atoms with van der Waals surface area (Å²) in [6.07, 6.45) is 1.37. The molecule has 1 aromatic rings. The molecular weight excluding hydrogens is 299 g/mol. The first-order valence-corrected chi connectivity index (χ1v) is 7.05. The molecule has 2 N–H and O–H groups in total. The molecule has 1 saturated heterocycles. The van der Waals surface area contributed by atoms with Gasteiger partial charge in [-0.15, -0.1) is 0 Å². The summed E-state index contributed by atoms with van der Waals surface area (Å²) in [5, 5.41) is 11.9. The average Bonchev–Trinajstić information content (AvgIpc) is 2.88. The van der Waals surface area contributed by atoms with Gasteiger partial charge in [-0.1, -0.05) is 18.5 Å². The molecule has 5 nitrogen and oxygen atoms in total. The molecule has 7 heteroatoms. The fourth-order valence-corrected chi connectivity index (χ4v) is 2.80. The number of likely N-dealkylation sites (tertiary alicyclic amines) is 1. The van der Waals surface area contributed by atoms with Gasteiger partial charge in [-0.2, -0.15) is 0 Å². The number of hydrogen-bond acceptors (Lipinski definition) is 2. The molecule has 0 aromatic heterocycles. The van der Waals surface area contributed by atoms with Crippen LogP contribution in [0.2, 0.25) is 5.02 Å². The molecule has 2 rings (SSSR count). The molecule has 1 aliphatic rings. The zero-order chi connectivity index (χ0) is 15.6. The van der Waals surface area contributed by atoms with Crippen LogP contribution in [0.1, 0.15) is 26.2 Å². The van der Waals surface area contributed by atoms with Gasteiger partial charge < -0.3 is 15.3 Å². The van der Waals surface area contributed by atoms with Crippen molar-refractivity contribution in [2.75, 3.05) is 11.9 Å². The fraction of sp³-hybridized carbons (Fsp3) is 0.429. The minimum absolute atomic E-state index is 0.0392. The number of nitrogens with one attached hydrogen (secondary N) is 1. The first-order chi connectivity index (χ1) is 9.90. The van der Waals surface area contributed by atoms with Gasteiger partial charge in [0.05, 0.1) is 5.02 Å². The molecule has 1 heterocycles. The number of carbonyl (C=O) groups is 2. The van der Waals surface area contributed by atoms with Gasteiger partial charge in [0.1, 0.15) is 11.4 Å². The maximum absolute atomic E-state index is 13.4. The number of carboxylic acids is 1. The third kappa shape index (κ3) is 2.81. The quantitative estimate of drug-likeness (QED) is 0.899. The van der Waals surface area contributed by atoms with Gasteiger partial charge >= 0.3 is 12.0 Å². The Bertz CT molecular complexity index is 581. The van der Waals surface area contributed by atoms with Crippen molar-refractivity contribution in [2.24, 2.45) is 0 Å². The van der Waals surface area contributed by atoms with Crippen LogP contribution in [-0.2, 0) is 4.79 Å². The number of nitrogens with zero attached hydrogens (tertiary/aromatic N) is 1. The number of anilines is 1. The standard InChI is InChI=1S/C14H16ClFN2O3/c1-2-14(12(19)20)6-3-7-18(14)13(21)17-9-4-5-10(15)11(16)8-9/h4-5,8H,2-3,6-7H2,1H3,(H,17,21)(H,19,20). The van der Waals surface area contributed by atoms with Gasteiger partial charge in [0.15, 0.2) is 0 Å².